The van der Waals surface area contributed by atoms with Crippen molar-refractivity contribution in [1.82, 2.24) is 15.0 Å². The number of hydrogen-bond donors (Lipinski definition) is 0. The third-order valence-electron chi connectivity index (χ3n) is 13.5. The Balaban J connectivity index is 1.29. The van der Waals surface area contributed by atoms with Crippen molar-refractivity contribution < 1.29 is 53.5 Å². The van der Waals surface area contributed by atoms with E-state index >= 15 is 0 Å². The minimum atomic E-state index is -4.78. The predicted molar refractivity (Wildman–Crippen MR) is 299 cm³/mol. The fraction of sp³-hybridized carbons (Fsp3) is 0.0952. The first kappa shape index (κ1) is 55.7. The molecule has 0 radical (unpaired) electrons. The van der Waals surface area contributed by atoms with Crippen LogP contribution in [0.1, 0.15) is 33.4 Å². The van der Waals surface area contributed by atoms with Gasteiger partial charge in [-0.1, -0.05) is 164 Å². The largest absolute Gasteiger partial charge is 0.423 e. The molecule has 0 saturated heterocycles. The quantitative estimate of drug-likeness (QED) is 0.0630. The third kappa shape index (κ3) is 13.5. The molecule has 10 aromatic rings. The molecule has 6 nitrogen and oxygen atoms in total. The molecular formula is C63H45B3F9N3O3. The van der Waals surface area contributed by atoms with Crippen LogP contribution in [0.5, 0.6) is 0 Å². The van der Waals surface area contributed by atoms with E-state index in [1.807, 2.05) is 54.6 Å². The maximum atomic E-state index is 14.8. The van der Waals surface area contributed by atoms with Crippen LogP contribution in [0.15, 0.2) is 237 Å². The van der Waals surface area contributed by atoms with Gasteiger partial charge in [-0.15, -0.1) is 0 Å². The maximum Gasteiger partial charge on any atom is 0.416 e. The molecule has 3 aromatic heterocycles. The molecular weight excluding hydrogens is 1050 g/mol. The van der Waals surface area contributed by atoms with Gasteiger partial charge in [0.25, 0.3) is 0 Å². The van der Waals surface area contributed by atoms with Crippen molar-refractivity contribution >= 4 is 53.5 Å². The van der Waals surface area contributed by atoms with Crippen molar-refractivity contribution in [1.29, 1.82) is 0 Å². The van der Waals surface area contributed by atoms with Crippen molar-refractivity contribution in [2.24, 2.45) is 0 Å². The fourth-order valence-corrected chi connectivity index (χ4v) is 9.63. The van der Waals surface area contributed by atoms with E-state index in [4.69, 9.17) is 14.0 Å². The topological polar surface area (TPSA) is 66.4 Å². The van der Waals surface area contributed by atoms with E-state index < -0.39 is 56.0 Å². The van der Waals surface area contributed by atoms with Gasteiger partial charge in [-0.2, -0.15) is 39.5 Å². The van der Waals surface area contributed by atoms with Gasteiger partial charge in [0.1, 0.15) is 0 Å². The van der Waals surface area contributed by atoms with Crippen LogP contribution < -0.4 is 32.8 Å². The summed E-state index contributed by atoms with van der Waals surface area (Å²) < 4.78 is 154. The van der Waals surface area contributed by atoms with E-state index in [9.17, 15) is 39.5 Å². The molecule has 402 valence electrons. The van der Waals surface area contributed by atoms with Crippen LogP contribution in [-0.2, 0) is 52.3 Å². The summed E-state index contributed by atoms with van der Waals surface area (Å²) in [6.07, 6.45) is -9.97. The Morgan fingerprint density at radius 1 is 0.296 bits per heavy atom. The Morgan fingerprint density at radius 3 is 0.790 bits per heavy atom. The van der Waals surface area contributed by atoms with Gasteiger partial charge in [0.05, 0.1) is 53.6 Å². The lowest BCUT2D eigenvalue weighted by atomic mass is 9.45. The molecule has 81 heavy (non-hydrogen) atoms. The second-order valence-electron chi connectivity index (χ2n) is 19.0. The highest BCUT2D eigenvalue weighted by Crippen LogP contribution is 2.34. The SMILES string of the molecule is FC(F)(F)c1ccc(B(OCc2ccccc2)c2cc(B(OCc3ccccc3)c3ccc(C(F)(F)F)cc3-c3ccccn3)cc(B(OCc3ccccc3)c3ccc(C(F)(F)F)cc3-c3ccccn3)c2)c(-c2ccccn2)c1. The molecule has 18 heteroatoms. The first-order chi connectivity index (χ1) is 39.1. The second-order valence-corrected chi connectivity index (χ2v) is 19.0. The number of alkyl halides is 9. The summed E-state index contributed by atoms with van der Waals surface area (Å²) >= 11 is 0. The molecule has 0 spiro atoms. The summed E-state index contributed by atoms with van der Waals surface area (Å²) in [6, 6.07) is 56.7. The molecule has 0 aliphatic carbocycles. The smallest absolute Gasteiger partial charge is 0.416 e. The van der Waals surface area contributed by atoms with Crippen LogP contribution in [0, 0.1) is 0 Å². The molecule has 7 aromatic carbocycles. The second kappa shape index (κ2) is 24.4. The molecule has 0 fully saturated rings. The first-order valence-electron chi connectivity index (χ1n) is 25.6. The van der Waals surface area contributed by atoms with Crippen LogP contribution in [0.4, 0.5) is 39.5 Å². The lowest BCUT2D eigenvalue weighted by molar-refractivity contribution is -0.138. The molecule has 0 bridgehead atoms. The van der Waals surface area contributed by atoms with E-state index in [0.29, 0.717) is 33.1 Å². The van der Waals surface area contributed by atoms with E-state index in [-0.39, 0.29) is 70.0 Å². The Hall–Kier alpha value is -8.57. The Labute approximate surface area is 462 Å². The molecule has 0 unspecified atom stereocenters. The number of halogens is 9. The lowest BCUT2D eigenvalue weighted by Gasteiger charge is -2.26. The van der Waals surface area contributed by atoms with E-state index in [1.54, 1.807) is 109 Å². The van der Waals surface area contributed by atoms with E-state index in [0.717, 1.165) is 36.4 Å². The summed E-state index contributed by atoms with van der Waals surface area (Å²) in [4.78, 5) is 13.5. The minimum absolute atomic E-state index is 0.0737. The van der Waals surface area contributed by atoms with E-state index in [2.05, 4.69) is 15.0 Å². The number of aromatic nitrogens is 3. The number of benzene rings is 7. The Kier molecular flexibility index (Phi) is 16.8. The number of nitrogens with zero attached hydrogens (tertiary/aromatic N) is 3. The molecule has 3 heterocycles. The molecule has 0 aliphatic rings. The predicted octanol–water partition coefficient (Wildman–Crippen LogP) is 11.9. The zero-order valence-corrected chi connectivity index (χ0v) is 42.8. The lowest BCUT2D eigenvalue weighted by Crippen LogP contribution is -2.56. The molecule has 0 amide bonds. The van der Waals surface area contributed by atoms with Crippen molar-refractivity contribution in [3.05, 3.63) is 270 Å². The van der Waals surface area contributed by atoms with Crippen molar-refractivity contribution in [3.8, 4) is 33.8 Å². The van der Waals surface area contributed by atoms with Crippen LogP contribution in [0.2, 0.25) is 0 Å². The molecule has 0 saturated carbocycles. The van der Waals surface area contributed by atoms with Gasteiger partial charge in [0.15, 0.2) is 0 Å². The zero-order chi connectivity index (χ0) is 56.6. The van der Waals surface area contributed by atoms with Crippen molar-refractivity contribution in [2.75, 3.05) is 0 Å². The summed E-state index contributed by atoms with van der Waals surface area (Å²) in [5, 5.41) is 0. The van der Waals surface area contributed by atoms with Gasteiger partial charge < -0.3 is 14.0 Å². The number of pyridine rings is 3. The van der Waals surface area contributed by atoms with E-state index in [1.165, 1.54) is 36.8 Å². The molecule has 0 N–H and O–H groups in total. The molecule has 10 rings (SSSR count). The Bertz CT molecular complexity index is 3300. The summed E-state index contributed by atoms with van der Waals surface area (Å²) in [5.74, 6) is 0. The Morgan fingerprint density at radius 2 is 0.556 bits per heavy atom. The van der Waals surface area contributed by atoms with Gasteiger partial charge in [-0.05, 0) is 121 Å². The summed E-state index contributed by atoms with van der Waals surface area (Å²) in [7, 11) is 0. The molecule has 0 aliphatic heterocycles. The van der Waals surface area contributed by atoms with Crippen LogP contribution in [0.3, 0.4) is 0 Å². The van der Waals surface area contributed by atoms with Gasteiger partial charge >= 0.3 is 39.3 Å². The highest BCUT2D eigenvalue weighted by atomic mass is 19.4. The van der Waals surface area contributed by atoms with Crippen LogP contribution >= 0.6 is 0 Å². The third-order valence-corrected chi connectivity index (χ3v) is 13.5. The van der Waals surface area contributed by atoms with Gasteiger partial charge in [-0.25, -0.2) is 0 Å². The molecule has 0 atom stereocenters. The first-order valence-corrected chi connectivity index (χ1v) is 25.6. The van der Waals surface area contributed by atoms with Crippen LogP contribution in [0.25, 0.3) is 33.8 Å². The highest BCUT2D eigenvalue weighted by molar-refractivity contribution is 6.87. The number of rotatable bonds is 18. The monoisotopic (exact) mass is 1100 g/mol. The highest BCUT2D eigenvalue weighted by Gasteiger charge is 2.39. The van der Waals surface area contributed by atoms with Gasteiger partial charge in [-0.3, -0.25) is 15.0 Å². The van der Waals surface area contributed by atoms with Crippen molar-refractivity contribution in [2.45, 2.75) is 38.3 Å². The fourth-order valence-electron chi connectivity index (χ4n) is 9.63. The number of hydrogen-bond acceptors (Lipinski definition) is 6. The summed E-state index contributed by atoms with van der Waals surface area (Å²) in [6.45, 7) is -4.04. The zero-order valence-electron chi connectivity index (χ0n) is 42.8. The van der Waals surface area contributed by atoms with Crippen LogP contribution in [-0.4, -0.2) is 35.7 Å². The minimum Gasteiger partial charge on any atom is -0.423 e. The average Bonchev–Trinajstić information content (AvgIpc) is 3.49. The van der Waals surface area contributed by atoms with Gasteiger partial charge in [0.2, 0.25) is 0 Å². The van der Waals surface area contributed by atoms with Crippen molar-refractivity contribution in [3.63, 3.8) is 0 Å². The maximum absolute atomic E-state index is 14.8. The normalized spacial score (nSPS) is 11.8. The standard InChI is InChI=1S/C63H45B3F9N3O3/c67-61(68,69)46-25-28-55(52(34-46)58-22-10-13-31-76-58)64(79-40-43-16-4-1-5-17-43)49-37-50(65(80-41-44-18-6-2-7-19-44)56-29-26-47(62(70,71)72)35-53(56)59-23-11-14-32-77-59)39-51(38-49)66(81-42-45-20-8-3-9-21-45)57-30-27-48(63(73,74)75)36-54(57)60-24-12-15-33-78-60/h1-39H,40-42H2. The van der Waals surface area contributed by atoms with Gasteiger partial charge in [0, 0.05) is 18.6 Å². The summed E-state index contributed by atoms with van der Waals surface area (Å²) in [5.41, 5.74) is 1.65. The average molecular weight is 1100 g/mol.